The molecule has 0 N–H and O–H groups in total. The fourth-order valence-electron chi connectivity index (χ4n) is 6.66. The Labute approximate surface area is 162 Å². The predicted molar refractivity (Wildman–Crippen MR) is 108 cm³/mol. The van der Waals surface area contributed by atoms with Crippen LogP contribution in [-0.4, -0.2) is 20.4 Å². The smallest absolute Gasteiger partial charge is 0.185 e. The van der Waals surface area contributed by atoms with E-state index in [1.165, 1.54) is 76.0 Å². The molecule has 4 aliphatic rings. The van der Waals surface area contributed by atoms with Gasteiger partial charge in [-0.2, -0.15) is 0 Å². The maximum atomic E-state index is 11.3. The van der Waals surface area contributed by atoms with Gasteiger partial charge in [-0.1, -0.05) is 11.8 Å². The Morgan fingerprint density at radius 3 is 2.42 bits per heavy atom. The minimum atomic E-state index is 0.263. The van der Waals surface area contributed by atoms with Gasteiger partial charge in [-0.25, -0.2) is 4.98 Å². The van der Waals surface area contributed by atoms with Crippen molar-refractivity contribution in [1.29, 1.82) is 0 Å². The van der Waals surface area contributed by atoms with Crippen molar-refractivity contribution in [2.24, 2.45) is 29.1 Å². The maximum Gasteiger partial charge on any atom is 0.185 e. The summed E-state index contributed by atoms with van der Waals surface area (Å²) in [7, 11) is 0. The molecule has 4 heteroatoms. The average molecular weight is 375 g/mol. The number of aromatic nitrogens is 2. The van der Waals surface area contributed by atoms with E-state index in [0.717, 1.165) is 36.0 Å². The highest BCUT2D eigenvalue weighted by molar-refractivity contribution is 8.13. The molecule has 4 saturated carbocycles. The van der Waals surface area contributed by atoms with E-state index in [-0.39, 0.29) is 5.12 Å². The summed E-state index contributed by atoms with van der Waals surface area (Å²) in [5.41, 5.74) is 0.690. The van der Waals surface area contributed by atoms with E-state index in [0.29, 0.717) is 5.41 Å². The summed E-state index contributed by atoms with van der Waals surface area (Å²) in [5, 5.41) is 0.263. The third-order valence-corrected chi connectivity index (χ3v) is 8.28. The van der Waals surface area contributed by atoms with E-state index < -0.39 is 0 Å². The zero-order chi connectivity index (χ0) is 18.0. The number of nitrogens with zero attached hydrogens (tertiary/aromatic N) is 2. The lowest BCUT2D eigenvalue weighted by atomic mass is 9.48. The predicted octanol–water partition coefficient (Wildman–Crippen LogP) is 5.56. The minimum absolute atomic E-state index is 0.263. The van der Waals surface area contributed by atoms with Crippen LogP contribution < -0.4 is 0 Å². The Kier molecular flexibility index (Phi) is 5.78. The van der Waals surface area contributed by atoms with Crippen LogP contribution in [0.1, 0.15) is 71.1 Å². The number of hydrogen-bond acceptors (Lipinski definition) is 3. The van der Waals surface area contributed by atoms with Crippen LogP contribution in [0.5, 0.6) is 0 Å². The quantitative estimate of drug-likeness (QED) is 0.568. The monoisotopic (exact) mass is 374 g/mol. The van der Waals surface area contributed by atoms with E-state index in [9.17, 15) is 4.79 Å². The summed E-state index contributed by atoms with van der Waals surface area (Å²) in [6.45, 7) is 2.76. The lowest BCUT2D eigenvalue weighted by molar-refractivity contribution is -0.109. The van der Waals surface area contributed by atoms with Crippen LogP contribution in [0.15, 0.2) is 18.7 Å². The Bertz CT molecular complexity index is 562. The number of carbonyl (C=O) groups excluding carboxylic acids is 1. The number of rotatable bonds is 9. The van der Waals surface area contributed by atoms with Crippen molar-refractivity contribution in [3.8, 4) is 0 Å². The first-order valence-electron chi connectivity index (χ1n) is 10.7. The molecule has 1 heterocycles. The van der Waals surface area contributed by atoms with Gasteiger partial charge in [0.2, 0.25) is 0 Å². The van der Waals surface area contributed by atoms with Crippen molar-refractivity contribution >= 4 is 16.9 Å². The fraction of sp³-hybridized carbons (Fsp3) is 0.818. The van der Waals surface area contributed by atoms with Gasteiger partial charge in [0.25, 0.3) is 0 Å². The Morgan fingerprint density at radius 2 is 1.85 bits per heavy atom. The third kappa shape index (κ3) is 4.55. The molecule has 0 aliphatic heterocycles. The van der Waals surface area contributed by atoms with Crippen molar-refractivity contribution in [3.63, 3.8) is 0 Å². The Balaban J connectivity index is 1.32. The van der Waals surface area contributed by atoms with E-state index >= 15 is 0 Å². The number of imidazole rings is 1. The first kappa shape index (κ1) is 18.6. The molecule has 0 amide bonds. The molecule has 1 atom stereocenters. The van der Waals surface area contributed by atoms with Gasteiger partial charge in [-0.05, 0) is 93.3 Å². The summed E-state index contributed by atoms with van der Waals surface area (Å²) < 4.78 is 2.20. The van der Waals surface area contributed by atoms with Gasteiger partial charge in [0, 0.05) is 31.6 Å². The van der Waals surface area contributed by atoms with Crippen molar-refractivity contribution in [2.75, 3.05) is 5.75 Å². The van der Waals surface area contributed by atoms with Crippen molar-refractivity contribution < 1.29 is 4.79 Å². The van der Waals surface area contributed by atoms with Crippen molar-refractivity contribution in [1.82, 2.24) is 9.55 Å². The second-order valence-electron chi connectivity index (χ2n) is 9.54. The molecule has 4 bridgehead atoms. The summed E-state index contributed by atoms with van der Waals surface area (Å²) in [4.78, 5) is 15.5. The highest BCUT2D eigenvalue weighted by atomic mass is 32.2. The van der Waals surface area contributed by atoms with Crippen LogP contribution in [0.3, 0.4) is 0 Å². The number of hydrogen-bond donors (Lipinski definition) is 0. The number of aryl methyl sites for hydroxylation is 1. The molecule has 0 spiro atoms. The van der Waals surface area contributed by atoms with Crippen LogP contribution in [0.4, 0.5) is 0 Å². The topological polar surface area (TPSA) is 34.9 Å². The van der Waals surface area contributed by atoms with Gasteiger partial charge in [0.1, 0.15) is 0 Å². The molecule has 4 aliphatic carbocycles. The molecule has 5 rings (SSSR count). The highest BCUT2D eigenvalue weighted by Gasteiger charge is 2.50. The van der Waals surface area contributed by atoms with Gasteiger partial charge in [0.05, 0.1) is 6.33 Å². The second-order valence-corrected chi connectivity index (χ2v) is 10.8. The van der Waals surface area contributed by atoms with Crippen LogP contribution in [0.25, 0.3) is 0 Å². The summed E-state index contributed by atoms with van der Waals surface area (Å²) in [5.74, 6) is 4.90. The summed E-state index contributed by atoms with van der Waals surface area (Å²) in [6.07, 6.45) is 20.3. The number of thioether (sulfide) groups is 1. The molecule has 3 nitrogen and oxygen atoms in total. The van der Waals surface area contributed by atoms with Crippen LogP contribution >= 0.6 is 11.8 Å². The average Bonchev–Trinajstić information content (AvgIpc) is 3.09. The molecule has 4 fully saturated rings. The molecule has 0 radical (unpaired) electrons. The van der Waals surface area contributed by atoms with E-state index in [2.05, 4.69) is 15.7 Å². The van der Waals surface area contributed by atoms with Gasteiger partial charge in [0.15, 0.2) is 5.12 Å². The molecule has 0 saturated heterocycles. The fourth-order valence-corrected chi connectivity index (χ4v) is 7.40. The van der Waals surface area contributed by atoms with Crippen LogP contribution in [0.2, 0.25) is 0 Å². The minimum Gasteiger partial charge on any atom is -0.337 e. The molecule has 26 heavy (non-hydrogen) atoms. The zero-order valence-electron chi connectivity index (χ0n) is 16.2. The third-order valence-electron chi connectivity index (χ3n) is 7.43. The standard InChI is InChI=1S/C22H34N2OS/c1-17(25)26-9-4-18(3-7-24-8-6-23-16-24)2-5-22-13-19-10-20(14-22)12-21(11-19)15-22/h6,8,16,18-21H,2-5,7,9-15H2,1H3. The molecule has 1 unspecified atom stereocenters. The van der Waals surface area contributed by atoms with Gasteiger partial charge < -0.3 is 4.57 Å². The lowest BCUT2D eigenvalue weighted by Gasteiger charge is -2.57. The molecule has 1 aromatic heterocycles. The summed E-state index contributed by atoms with van der Waals surface area (Å²) in [6, 6.07) is 0. The first-order valence-corrected chi connectivity index (χ1v) is 11.7. The van der Waals surface area contributed by atoms with Crippen LogP contribution in [0, 0.1) is 29.1 Å². The zero-order valence-corrected chi connectivity index (χ0v) is 17.1. The van der Waals surface area contributed by atoms with Gasteiger partial charge in [-0.3, -0.25) is 4.79 Å². The SMILES string of the molecule is CC(=O)SCCC(CCn1ccnc1)CCC12CC3CC(CC(C3)C1)C2. The highest BCUT2D eigenvalue weighted by Crippen LogP contribution is 2.61. The van der Waals surface area contributed by atoms with E-state index in [4.69, 9.17) is 0 Å². The van der Waals surface area contributed by atoms with E-state index in [1.807, 2.05) is 12.5 Å². The largest absolute Gasteiger partial charge is 0.337 e. The number of carbonyl (C=O) groups is 1. The van der Waals surface area contributed by atoms with Crippen molar-refractivity contribution in [2.45, 2.75) is 77.7 Å². The first-order chi connectivity index (χ1) is 12.6. The maximum absolute atomic E-state index is 11.3. The molecule has 0 aromatic carbocycles. The normalized spacial score (nSPS) is 33.5. The molecular weight excluding hydrogens is 340 g/mol. The van der Waals surface area contributed by atoms with Crippen molar-refractivity contribution in [3.05, 3.63) is 18.7 Å². The lowest BCUT2D eigenvalue weighted by Crippen LogP contribution is -2.46. The Hall–Kier alpha value is -0.770. The molecule has 144 valence electrons. The molecular formula is C22H34N2OS. The van der Waals surface area contributed by atoms with Crippen LogP contribution in [-0.2, 0) is 11.3 Å². The summed E-state index contributed by atoms with van der Waals surface area (Å²) >= 11 is 1.51. The molecule has 1 aromatic rings. The van der Waals surface area contributed by atoms with Gasteiger partial charge >= 0.3 is 0 Å². The Morgan fingerprint density at radius 1 is 1.15 bits per heavy atom. The second kappa shape index (κ2) is 8.08. The van der Waals surface area contributed by atoms with E-state index in [1.54, 1.807) is 6.92 Å². The van der Waals surface area contributed by atoms with Gasteiger partial charge in [-0.15, -0.1) is 0 Å².